The minimum atomic E-state index is -0.346. The highest BCUT2D eigenvalue weighted by molar-refractivity contribution is 6.30. The second-order valence-corrected chi connectivity index (χ2v) is 11.7. The number of rotatable bonds is 6. The number of carbonyl (C=O) groups excluding carboxylic acids is 1. The molecular weight excluding hydrogens is 540 g/mol. The summed E-state index contributed by atoms with van der Waals surface area (Å²) in [6, 6.07) is 14.1. The van der Waals surface area contributed by atoms with E-state index in [1.807, 2.05) is 24.3 Å². The maximum atomic E-state index is 12.3. The van der Waals surface area contributed by atoms with Gasteiger partial charge >= 0.3 is 5.97 Å². The minimum Gasteiger partial charge on any atom is -0.493 e. The summed E-state index contributed by atoms with van der Waals surface area (Å²) in [4.78, 5) is 24.4. The summed E-state index contributed by atoms with van der Waals surface area (Å²) >= 11 is 6.10. The number of benzene rings is 2. The summed E-state index contributed by atoms with van der Waals surface area (Å²) in [5.41, 5.74) is 7.39. The first-order chi connectivity index (χ1) is 20.0. The van der Waals surface area contributed by atoms with Crippen LogP contribution in [0.2, 0.25) is 5.02 Å². The lowest BCUT2D eigenvalue weighted by atomic mass is 9.83. The van der Waals surface area contributed by atoms with Gasteiger partial charge < -0.3 is 18.8 Å². The highest BCUT2D eigenvalue weighted by atomic mass is 35.5. The average molecular weight is 573 g/mol. The van der Waals surface area contributed by atoms with Gasteiger partial charge in [-0.05, 0) is 79.3 Å². The molecule has 212 valence electrons. The molecule has 2 unspecified atom stereocenters. The van der Waals surface area contributed by atoms with Gasteiger partial charge in [0.1, 0.15) is 11.6 Å². The Balaban J connectivity index is 1.20. The highest BCUT2D eigenvalue weighted by Crippen LogP contribution is 2.42. The molecule has 3 aliphatic rings. The van der Waals surface area contributed by atoms with E-state index in [2.05, 4.69) is 33.5 Å². The molecule has 2 aromatic carbocycles. The van der Waals surface area contributed by atoms with E-state index in [1.165, 1.54) is 23.8 Å². The zero-order valence-corrected chi connectivity index (χ0v) is 24.1. The van der Waals surface area contributed by atoms with E-state index >= 15 is 0 Å². The average Bonchev–Trinajstić information content (AvgIpc) is 3.31. The number of nitrogens with zero attached hydrogens (tertiary/aromatic N) is 4. The van der Waals surface area contributed by atoms with E-state index in [-0.39, 0.29) is 24.0 Å². The van der Waals surface area contributed by atoms with Crippen LogP contribution in [-0.2, 0) is 35.4 Å². The summed E-state index contributed by atoms with van der Waals surface area (Å²) < 4.78 is 19.3. The molecule has 9 heteroatoms. The minimum absolute atomic E-state index is 0.162. The van der Waals surface area contributed by atoms with Crippen LogP contribution in [-0.4, -0.2) is 58.4 Å². The first kappa shape index (κ1) is 26.4. The predicted octanol–water partition coefficient (Wildman–Crippen LogP) is 5.50. The Morgan fingerprint density at radius 3 is 2.83 bits per heavy atom. The highest BCUT2D eigenvalue weighted by Gasteiger charge is 2.33. The molecule has 0 aliphatic carbocycles. The van der Waals surface area contributed by atoms with Gasteiger partial charge in [0, 0.05) is 37.0 Å². The smallest absolute Gasteiger partial charge is 0.337 e. The number of carbonyl (C=O) groups is 1. The fraction of sp³-hybridized carbons (Fsp3) is 0.406. The van der Waals surface area contributed by atoms with Crippen LogP contribution < -0.4 is 4.74 Å². The summed E-state index contributed by atoms with van der Waals surface area (Å²) in [6.45, 7) is 6.04. The second-order valence-electron chi connectivity index (χ2n) is 11.2. The quantitative estimate of drug-likeness (QED) is 0.282. The number of halogens is 1. The first-order valence-corrected chi connectivity index (χ1v) is 14.7. The molecule has 0 bridgehead atoms. The molecule has 1 saturated heterocycles. The van der Waals surface area contributed by atoms with Crippen molar-refractivity contribution in [3.63, 3.8) is 0 Å². The zero-order valence-electron chi connectivity index (χ0n) is 23.3. The number of esters is 1. The monoisotopic (exact) mass is 572 g/mol. The largest absolute Gasteiger partial charge is 0.493 e. The van der Waals surface area contributed by atoms with Crippen molar-refractivity contribution < 1.29 is 19.0 Å². The van der Waals surface area contributed by atoms with Crippen molar-refractivity contribution in [2.45, 2.75) is 57.3 Å². The molecule has 8 nitrogen and oxygen atoms in total. The van der Waals surface area contributed by atoms with Gasteiger partial charge in [-0.2, -0.15) is 0 Å². The molecule has 1 fully saturated rings. The molecule has 3 atom stereocenters. The van der Waals surface area contributed by atoms with Crippen molar-refractivity contribution in [3.05, 3.63) is 87.5 Å². The Labute approximate surface area is 244 Å². The Morgan fingerprint density at radius 1 is 1.20 bits per heavy atom. The van der Waals surface area contributed by atoms with Gasteiger partial charge in [0.25, 0.3) is 0 Å². The van der Waals surface area contributed by atoms with Gasteiger partial charge in [0.15, 0.2) is 0 Å². The Bertz CT molecular complexity index is 1610. The van der Waals surface area contributed by atoms with Crippen LogP contribution >= 0.6 is 11.6 Å². The molecule has 4 aromatic rings. The van der Waals surface area contributed by atoms with Crippen molar-refractivity contribution in [2.75, 3.05) is 26.9 Å². The number of hydrogen-bond acceptors (Lipinski definition) is 7. The Hall–Kier alpha value is -3.46. The third-order valence-corrected chi connectivity index (χ3v) is 9.09. The summed E-state index contributed by atoms with van der Waals surface area (Å²) in [5.74, 6) is 1.80. The third-order valence-electron chi connectivity index (χ3n) is 8.87. The molecular formula is C32H33ClN4O4. The molecule has 0 spiro atoms. The number of hydrogen-bond donors (Lipinski definition) is 0. The topological polar surface area (TPSA) is 78.7 Å². The molecule has 0 saturated carbocycles. The molecule has 41 heavy (non-hydrogen) atoms. The first-order valence-electron chi connectivity index (χ1n) is 14.3. The predicted molar refractivity (Wildman–Crippen MR) is 156 cm³/mol. The molecule has 0 radical (unpaired) electrons. The SMILES string of the molecule is COC(=O)c1ccc2nc(CN3CCc4ccc5c(c4C3C)C[C@@H](c3ccc(Cl)cn3)CO5)n(CC3CCO3)c2c1. The maximum absolute atomic E-state index is 12.3. The fourth-order valence-electron chi connectivity index (χ4n) is 6.50. The third kappa shape index (κ3) is 4.88. The van der Waals surface area contributed by atoms with Crippen LogP contribution in [0.5, 0.6) is 5.75 Å². The Morgan fingerprint density at radius 2 is 2.07 bits per heavy atom. The van der Waals surface area contributed by atoms with Gasteiger partial charge in [0.05, 0.1) is 54.5 Å². The van der Waals surface area contributed by atoms with Crippen molar-refractivity contribution in [3.8, 4) is 5.75 Å². The normalized spacial score (nSPS) is 22.0. The molecule has 0 N–H and O–H groups in total. The van der Waals surface area contributed by atoms with Crippen LogP contribution in [0.1, 0.15) is 63.9 Å². The van der Waals surface area contributed by atoms with E-state index in [0.717, 1.165) is 60.7 Å². The van der Waals surface area contributed by atoms with Gasteiger partial charge in [-0.3, -0.25) is 9.88 Å². The van der Waals surface area contributed by atoms with Crippen LogP contribution in [0.15, 0.2) is 48.7 Å². The standard InChI is InChI=1S/C32H33ClN4O4/c1-19-31-20(4-8-29-25(31)13-22(18-41-29)26-7-5-23(33)15-34-26)9-11-36(19)17-30-35-27-6-3-21(32(38)39-2)14-28(27)37(30)16-24-10-12-40-24/h3-8,14-15,19,22,24H,9-13,16-18H2,1-2H3/t19?,22-,24?/m1/s1. The lowest BCUT2D eigenvalue weighted by molar-refractivity contribution is -0.0592. The molecule has 0 amide bonds. The maximum Gasteiger partial charge on any atom is 0.337 e. The van der Waals surface area contributed by atoms with E-state index in [9.17, 15) is 4.79 Å². The lowest BCUT2D eigenvalue weighted by Crippen LogP contribution is -2.37. The molecule has 3 aliphatic heterocycles. The number of imidazole rings is 1. The van der Waals surface area contributed by atoms with Crippen LogP contribution in [0.3, 0.4) is 0 Å². The fourth-order valence-corrected chi connectivity index (χ4v) is 6.62. The van der Waals surface area contributed by atoms with E-state index in [0.29, 0.717) is 30.3 Å². The van der Waals surface area contributed by atoms with E-state index < -0.39 is 0 Å². The van der Waals surface area contributed by atoms with E-state index in [4.69, 9.17) is 30.8 Å². The van der Waals surface area contributed by atoms with Gasteiger partial charge in [-0.15, -0.1) is 0 Å². The van der Waals surface area contributed by atoms with Crippen molar-refractivity contribution >= 4 is 28.6 Å². The number of aromatic nitrogens is 3. The van der Waals surface area contributed by atoms with E-state index in [1.54, 1.807) is 12.3 Å². The molecule has 7 rings (SSSR count). The van der Waals surface area contributed by atoms with Crippen LogP contribution in [0, 0.1) is 0 Å². The van der Waals surface area contributed by atoms with Gasteiger partial charge in [-0.1, -0.05) is 17.7 Å². The zero-order chi connectivity index (χ0) is 28.1. The van der Waals surface area contributed by atoms with Crippen LogP contribution in [0.25, 0.3) is 11.0 Å². The summed E-state index contributed by atoms with van der Waals surface area (Å²) in [7, 11) is 1.41. The van der Waals surface area contributed by atoms with Crippen molar-refractivity contribution in [1.29, 1.82) is 0 Å². The second kappa shape index (κ2) is 10.7. The number of ether oxygens (including phenoxy) is 3. The van der Waals surface area contributed by atoms with Gasteiger partial charge in [-0.25, -0.2) is 9.78 Å². The molecule has 2 aromatic heterocycles. The molecule has 5 heterocycles. The van der Waals surface area contributed by atoms with Crippen LogP contribution in [0.4, 0.5) is 0 Å². The Kier molecular flexibility index (Phi) is 6.93. The number of fused-ring (bicyclic) bond motifs is 4. The van der Waals surface area contributed by atoms with Gasteiger partial charge in [0.2, 0.25) is 0 Å². The van der Waals surface area contributed by atoms with Crippen molar-refractivity contribution in [2.24, 2.45) is 0 Å². The van der Waals surface area contributed by atoms with Crippen molar-refractivity contribution in [1.82, 2.24) is 19.4 Å². The summed E-state index contributed by atoms with van der Waals surface area (Å²) in [5, 5.41) is 0.643. The summed E-state index contributed by atoms with van der Waals surface area (Å²) in [6.07, 6.45) is 4.76. The number of pyridine rings is 1. The number of methoxy groups -OCH3 is 1. The lowest BCUT2D eigenvalue weighted by Gasteiger charge is -2.39.